The van der Waals surface area contributed by atoms with E-state index in [9.17, 15) is 9.59 Å². The van der Waals surface area contributed by atoms with E-state index in [4.69, 9.17) is 18.6 Å². The molecule has 33 heavy (non-hydrogen) atoms. The summed E-state index contributed by atoms with van der Waals surface area (Å²) in [5, 5.41) is 0. The Morgan fingerprint density at radius 1 is 1.24 bits per heavy atom. The topological polar surface area (TPSA) is 92.3 Å². The van der Waals surface area contributed by atoms with Crippen molar-refractivity contribution in [3.05, 3.63) is 76.4 Å². The summed E-state index contributed by atoms with van der Waals surface area (Å²) < 4.78 is 24.4. The van der Waals surface area contributed by atoms with Gasteiger partial charge in [-0.2, -0.15) is 0 Å². The van der Waals surface area contributed by atoms with Gasteiger partial charge in [-0.1, -0.05) is 17.4 Å². The van der Waals surface area contributed by atoms with Crippen LogP contribution in [0.15, 0.2) is 55.8 Å². The maximum absolute atomic E-state index is 13.5. The Morgan fingerprint density at radius 3 is 2.64 bits per heavy atom. The standard InChI is InChI=1S/C23H21IN2O6S/c1-5-31-22(28)19-12(2)25-23-26(20(19)13-6-8-15(29-3)16(10-13)30-4)21(27)17(33-23)11-14-7-9-18(24)32-14/h6-11,20H,5H2,1-4H3/b17-11+/t20-/m1/s1. The Labute approximate surface area is 206 Å². The van der Waals surface area contributed by atoms with E-state index in [0.717, 1.165) is 3.77 Å². The fourth-order valence-electron chi connectivity index (χ4n) is 3.66. The molecule has 172 valence electrons. The Kier molecular flexibility index (Phi) is 6.75. The van der Waals surface area contributed by atoms with Gasteiger partial charge in [0.15, 0.2) is 20.1 Å². The van der Waals surface area contributed by atoms with Gasteiger partial charge < -0.3 is 18.6 Å². The molecule has 10 heteroatoms. The summed E-state index contributed by atoms with van der Waals surface area (Å²) in [6, 6.07) is 8.18. The molecule has 4 rings (SSSR count). The van der Waals surface area contributed by atoms with Crippen LogP contribution in [0.25, 0.3) is 6.08 Å². The highest BCUT2D eigenvalue weighted by atomic mass is 127. The number of methoxy groups -OCH3 is 2. The van der Waals surface area contributed by atoms with Gasteiger partial charge in [0, 0.05) is 6.08 Å². The average molecular weight is 580 g/mol. The van der Waals surface area contributed by atoms with E-state index in [1.807, 2.05) is 6.07 Å². The van der Waals surface area contributed by atoms with Crippen molar-refractivity contribution in [1.82, 2.24) is 4.57 Å². The van der Waals surface area contributed by atoms with E-state index in [1.165, 1.54) is 23.0 Å². The molecule has 0 N–H and O–H groups in total. The van der Waals surface area contributed by atoms with Crippen LogP contribution in [-0.2, 0) is 9.53 Å². The molecule has 0 unspecified atom stereocenters. The molecule has 0 amide bonds. The fraction of sp³-hybridized carbons (Fsp3) is 0.261. The maximum Gasteiger partial charge on any atom is 0.338 e. The van der Waals surface area contributed by atoms with E-state index < -0.39 is 12.0 Å². The van der Waals surface area contributed by atoms with E-state index in [2.05, 4.69) is 27.6 Å². The minimum absolute atomic E-state index is 0.204. The van der Waals surface area contributed by atoms with Gasteiger partial charge in [0.1, 0.15) is 5.76 Å². The molecule has 3 heterocycles. The number of fused-ring (bicyclic) bond motifs is 1. The zero-order valence-electron chi connectivity index (χ0n) is 18.4. The number of halogens is 1. The molecule has 1 atom stereocenters. The average Bonchev–Trinajstić information content (AvgIpc) is 3.34. The Morgan fingerprint density at radius 2 is 2.00 bits per heavy atom. The van der Waals surface area contributed by atoms with E-state index >= 15 is 0 Å². The Hall–Kier alpha value is -2.86. The van der Waals surface area contributed by atoms with Gasteiger partial charge in [-0.05, 0) is 66.3 Å². The minimum atomic E-state index is -0.737. The lowest BCUT2D eigenvalue weighted by molar-refractivity contribution is -0.139. The van der Waals surface area contributed by atoms with Crippen molar-refractivity contribution in [3.63, 3.8) is 0 Å². The number of ether oxygens (including phenoxy) is 3. The van der Waals surface area contributed by atoms with Crippen LogP contribution in [0, 0.1) is 3.77 Å². The first-order valence-electron chi connectivity index (χ1n) is 10.0. The predicted molar refractivity (Wildman–Crippen MR) is 131 cm³/mol. The maximum atomic E-state index is 13.5. The van der Waals surface area contributed by atoms with Gasteiger partial charge in [-0.15, -0.1) is 0 Å². The molecule has 0 saturated heterocycles. The third-order valence-corrected chi connectivity index (χ3v) is 6.67. The van der Waals surface area contributed by atoms with Crippen molar-refractivity contribution < 1.29 is 23.4 Å². The molecule has 0 fully saturated rings. The normalized spacial score (nSPS) is 15.8. The number of hydrogen-bond acceptors (Lipinski definition) is 8. The number of rotatable bonds is 6. The van der Waals surface area contributed by atoms with Crippen molar-refractivity contribution in [3.8, 4) is 11.5 Å². The van der Waals surface area contributed by atoms with Crippen LogP contribution in [0.2, 0.25) is 0 Å². The van der Waals surface area contributed by atoms with E-state index in [-0.39, 0.29) is 12.2 Å². The molecule has 1 aliphatic rings. The zero-order chi connectivity index (χ0) is 23.7. The number of esters is 1. The zero-order valence-corrected chi connectivity index (χ0v) is 21.4. The van der Waals surface area contributed by atoms with Gasteiger partial charge in [0.2, 0.25) is 0 Å². The third kappa shape index (κ3) is 4.36. The summed E-state index contributed by atoms with van der Waals surface area (Å²) in [4.78, 5) is 31.5. The van der Waals surface area contributed by atoms with Gasteiger partial charge in [-0.25, -0.2) is 9.79 Å². The van der Waals surface area contributed by atoms with E-state index in [0.29, 0.717) is 43.4 Å². The lowest BCUT2D eigenvalue weighted by atomic mass is 9.95. The minimum Gasteiger partial charge on any atom is -0.493 e. The van der Waals surface area contributed by atoms with Gasteiger partial charge in [0.25, 0.3) is 5.56 Å². The highest BCUT2D eigenvalue weighted by molar-refractivity contribution is 14.1. The predicted octanol–water partition coefficient (Wildman–Crippen LogP) is 3.01. The smallest absolute Gasteiger partial charge is 0.338 e. The molecule has 0 bridgehead atoms. The van der Waals surface area contributed by atoms with Gasteiger partial charge in [0.05, 0.1) is 42.7 Å². The van der Waals surface area contributed by atoms with Crippen LogP contribution in [0.3, 0.4) is 0 Å². The van der Waals surface area contributed by atoms with Crippen molar-refractivity contribution in [2.45, 2.75) is 19.9 Å². The lowest BCUT2D eigenvalue weighted by Gasteiger charge is -2.25. The van der Waals surface area contributed by atoms with Crippen molar-refractivity contribution in [1.29, 1.82) is 0 Å². The monoisotopic (exact) mass is 580 g/mol. The molecule has 0 saturated carbocycles. The van der Waals surface area contributed by atoms with Crippen LogP contribution in [0.1, 0.15) is 31.2 Å². The number of carbonyl (C=O) groups is 1. The van der Waals surface area contributed by atoms with Crippen LogP contribution < -0.4 is 24.4 Å². The van der Waals surface area contributed by atoms with Gasteiger partial charge in [-0.3, -0.25) is 9.36 Å². The molecule has 3 aromatic rings. The number of hydrogen-bond donors (Lipinski definition) is 0. The van der Waals surface area contributed by atoms with Crippen LogP contribution >= 0.6 is 33.9 Å². The van der Waals surface area contributed by atoms with Crippen molar-refractivity contribution >= 4 is 46.0 Å². The number of thiazole rings is 1. The SMILES string of the molecule is CCOC(=O)C1=C(C)N=c2s/c(=C/c3ccc(I)o3)c(=O)n2[C@@H]1c1ccc(OC)c(OC)c1. The molecule has 2 aromatic heterocycles. The molecule has 1 aromatic carbocycles. The summed E-state index contributed by atoms with van der Waals surface area (Å²) in [7, 11) is 3.08. The largest absolute Gasteiger partial charge is 0.493 e. The van der Waals surface area contributed by atoms with Crippen LogP contribution in [0.5, 0.6) is 11.5 Å². The lowest BCUT2D eigenvalue weighted by Crippen LogP contribution is -2.39. The Bertz CT molecular complexity index is 1430. The van der Waals surface area contributed by atoms with Gasteiger partial charge >= 0.3 is 5.97 Å². The summed E-state index contributed by atoms with van der Waals surface area (Å²) >= 11 is 3.30. The highest BCUT2D eigenvalue weighted by Gasteiger charge is 2.33. The summed E-state index contributed by atoms with van der Waals surface area (Å²) in [6.45, 7) is 3.68. The first-order valence-corrected chi connectivity index (χ1v) is 11.9. The summed E-state index contributed by atoms with van der Waals surface area (Å²) in [6.07, 6.45) is 1.68. The van der Waals surface area contributed by atoms with Crippen molar-refractivity contribution in [2.75, 3.05) is 20.8 Å². The van der Waals surface area contributed by atoms with Crippen LogP contribution in [0.4, 0.5) is 0 Å². The number of benzene rings is 1. The number of nitrogens with zero attached hydrogens (tertiary/aromatic N) is 2. The molecule has 0 radical (unpaired) electrons. The number of carbonyl (C=O) groups excluding carboxylic acids is 1. The second-order valence-corrected chi connectivity index (χ2v) is 9.13. The first-order chi connectivity index (χ1) is 15.9. The quantitative estimate of drug-likeness (QED) is 0.329. The second-order valence-electron chi connectivity index (χ2n) is 7.06. The van der Waals surface area contributed by atoms with Crippen molar-refractivity contribution in [2.24, 2.45) is 4.99 Å². The highest BCUT2D eigenvalue weighted by Crippen LogP contribution is 2.36. The van der Waals surface area contributed by atoms with E-state index in [1.54, 1.807) is 51.3 Å². The molecule has 1 aliphatic heterocycles. The second kappa shape index (κ2) is 9.56. The fourth-order valence-corrected chi connectivity index (χ4v) is 5.13. The molecule has 8 nitrogen and oxygen atoms in total. The molecular weight excluding hydrogens is 559 g/mol. The Balaban J connectivity index is 1.97. The van der Waals surface area contributed by atoms with Crippen LogP contribution in [-0.4, -0.2) is 31.4 Å². The summed E-state index contributed by atoms with van der Waals surface area (Å²) in [5.74, 6) is 1.07. The first kappa shape index (κ1) is 23.3. The third-order valence-electron chi connectivity index (χ3n) is 5.11. The number of allylic oxidation sites excluding steroid dienone is 1. The molecule has 0 aliphatic carbocycles. The number of furan rings is 1. The molecular formula is C23H21IN2O6S. The molecule has 0 spiro atoms. The number of aromatic nitrogens is 1. The summed E-state index contributed by atoms with van der Waals surface area (Å²) in [5.41, 5.74) is 1.19.